The normalized spacial score (nSPS) is 16.8. The van der Waals surface area contributed by atoms with Crippen LogP contribution in [0.3, 0.4) is 0 Å². The van der Waals surface area contributed by atoms with Gasteiger partial charge >= 0.3 is 0 Å². The second kappa shape index (κ2) is 7.09. The Bertz CT molecular complexity index is 908. The van der Waals surface area contributed by atoms with Crippen molar-refractivity contribution in [2.75, 3.05) is 11.9 Å². The molecule has 132 valence electrons. The summed E-state index contributed by atoms with van der Waals surface area (Å²) >= 11 is 1.34. The van der Waals surface area contributed by atoms with Crippen LogP contribution in [0.1, 0.15) is 12.2 Å². The third-order valence-electron chi connectivity index (χ3n) is 4.17. The van der Waals surface area contributed by atoms with Crippen molar-refractivity contribution in [2.24, 2.45) is 5.92 Å². The number of anilines is 1. The van der Waals surface area contributed by atoms with E-state index >= 15 is 0 Å². The number of thiazole rings is 1. The van der Waals surface area contributed by atoms with Crippen LogP contribution in [-0.2, 0) is 16.1 Å². The molecule has 0 unspecified atom stereocenters. The summed E-state index contributed by atoms with van der Waals surface area (Å²) in [5, 5.41) is 5.17. The van der Waals surface area contributed by atoms with Crippen LogP contribution in [-0.4, -0.2) is 33.2 Å². The van der Waals surface area contributed by atoms with E-state index in [1.54, 1.807) is 23.4 Å². The van der Waals surface area contributed by atoms with Crippen LogP contribution in [0.4, 0.5) is 5.13 Å². The maximum atomic E-state index is 12.5. The van der Waals surface area contributed by atoms with E-state index in [1.165, 1.54) is 11.3 Å². The number of hydrogen-bond donors (Lipinski definition) is 1. The van der Waals surface area contributed by atoms with Crippen molar-refractivity contribution in [3.8, 4) is 11.4 Å². The molecule has 0 spiro atoms. The fraction of sp³-hybridized carbons (Fsp3) is 0.222. The topological polar surface area (TPSA) is 88.3 Å². The van der Waals surface area contributed by atoms with Crippen LogP contribution in [0.2, 0.25) is 0 Å². The minimum Gasteiger partial charge on any atom is -0.467 e. The number of aromatic nitrogens is 2. The number of pyridine rings is 1. The van der Waals surface area contributed by atoms with Gasteiger partial charge in [0.1, 0.15) is 11.5 Å². The van der Waals surface area contributed by atoms with Crippen LogP contribution in [0, 0.1) is 5.92 Å². The fourth-order valence-corrected chi connectivity index (χ4v) is 3.57. The van der Waals surface area contributed by atoms with E-state index in [9.17, 15) is 9.59 Å². The van der Waals surface area contributed by atoms with Crippen LogP contribution in [0.15, 0.2) is 52.6 Å². The molecule has 1 aliphatic rings. The molecule has 4 heterocycles. The predicted molar refractivity (Wildman–Crippen MR) is 96.2 cm³/mol. The smallest absolute Gasteiger partial charge is 0.231 e. The van der Waals surface area contributed by atoms with Gasteiger partial charge in [0.05, 0.1) is 24.4 Å². The summed E-state index contributed by atoms with van der Waals surface area (Å²) in [7, 11) is 0. The number of amides is 2. The molecule has 0 radical (unpaired) electrons. The number of nitrogens with one attached hydrogen (secondary N) is 1. The summed E-state index contributed by atoms with van der Waals surface area (Å²) in [6, 6.07) is 9.18. The number of carbonyl (C=O) groups excluding carboxylic acids is 2. The minimum atomic E-state index is -0.389. The molecule has 0 aromatic carbocycles. The van der Waals surface area contributed by atoms with Gasteiger partial charge in [-0.1, -0.05) is 6.07 Å². The van der Waals surface area contributed by atoms with E-state index in [2.05, 4.69) is 15.3 Å². The third kappa shape index (κ3) is 3.50. The Kier molecular flexibility index (Phi) is 4.49. The molecule has 3 aromatic heterocycles. The summed E-state index contributed by atoms with van der Waals surface area (Å²) in [5.74, 6) is 0.0797. The van der Waals surface area contributed by atoms with Gasteiger partial charge in [0.2, 0.25) is 11.8 Å². The highest BCUT2D eigenvalue weighted by molar-refractivity contribution is 7.14. The number of carbonyl (C=O) groups is 2. The first kappa shape index (κ1) is 16.5. The zero-order valence-corrected chi connectivity index (χ0v) is 14.6. The Labute approximate surface area is 153 Å². The molecule has 1 N–H and O–H groups in total. The summed E-state index contributed by atoms with van der Waals surface area (Å²) < 4.78 is 5.27. The lowest BCUT2D eigenvalue weighted by Gasteiger charge is -2.14. The van der Waals surface area contributed by atoms with E-state index in [4.69, 9.17) is 4.42 Å². The van der Waals surface area contributed by atoms with Gasteiger partial charge in [0.15, 0.2) is 5.13 Å². The molecule has 1 saturated heterocycles. The van der Waals surface area contributed by atoms with Crippen LogP contribution in [0.5, 0.6) is 0 Å². The van der Waals surface area contributed by atoms with Crippen molar-refractivity contribution >= 4 is 28.3 Å². The van der Waals surface area contributed by atoms with Gasteiger partial charge < -0.3 is 14.6 Å². The van der Waals surface area contributed by atoms with E-state index in [1.807, 2.05) is 29.6 Å². The van der Waals surface area contributed by atoms with Gasteiger partial charge in [-0.05, 0) is 24.3 Å². The van der Waals surface area contributed by atoms with E-state index in [0.717, 1.165) is 5.69 Å². The quantitative estimate of drug-likeness (QED) is 0.748. The molecular formula is C18H16N4O3S. The maximum absolute atomic E-state index is 12.5. The third-order valence-corrected chi connectivity index (χ3v) is 4.93. The monoisotopic (exact) mass is 368 g/mol. The van der Waals surface area contributed by atoms with E-state index in [-0.39, 0.29) is 24.2 Å². The summed E-state index contributed by atoms with van der Waals surface area (Å²) in [4.78, 5) is 34.9. The lowest BCUT2D eigenvalue weighted by atomic mass is 10.1. The SMILES string of the molecule is O=C(Nc1nc(-c2ccccn2)cs1)[C@H]1CC(=O)N(Cc2ccco2)C1. The summed E-state index contributed by atoms with van der Waals surface area (Å²) in [5.41, 5.74) is 1.47. The molecule has 1 aliphatic heterocycles. The van der Waals surface area contributed by atoms with Gasteiger partial charge in [0.25, 0.3) is 0 Å². The van der Waals surface area contributed by atoms with Crippen LogP contribution < -0.4 is 5.32 Å². The second-order valence-corrected chi connectivity index (χ2v) is 6.85. The van der Waals surface area contributed by atoms with Crippen molar-refractivity contribution in [3.63, 3.8) is 0 Å². The molecule has 7 nitrogen and oxygen atoms in total. The van der Waals surface area contributed by atoms with Crippen molar-refractivity contribution in [1.29, 1.82) is 0 Å². The van der Waals surface area contributed by atoms with Crippen molar-refractivity contribution < 1.29 is 14.0 Å². The average Bonchev–Trinajstić information content (AvgIpc) is 3.39. The minimum absolute atomic E-state index is 0.0464. The van der Waals surface area contributed by atoms with Crippen molar-refractivity contribution in [1.82, 2.24) is 14.9 Å². The summed E-state index contributed by atoms with van der Waals surface area (Å²) in [6.07, 6.45) is 3.47. The zero-order valence-electron chi connectivity index (χ0n) is 13.8. The Hall–Kier alpha value is -3.00. The molecule has 0 aliphatic carbocycles. The molecule has 3 aromatic rings. The second-order valence-electron chi connectivity index (χ2n) is 6.00. The highest BCUT2D eigenvalue weighted by Gasteiger charge is 2.35. The van der Waals surface area contributed by atoms with Crippen molar-refractivity contribution in [3.05, 3.63) is 53.9 Å². The largest absolute Gasteiger partial charge is 0.467 e. The highest BCUT2D eigenvalue weighted by Crippen LogP contribution is 2.26. The maximum Gasteiger partial charge on any atom is 0.231 e. The lowest BCUT2D eigenvalue weighted by molar-refractivity contribution is -0.128. The number of nitrogens with zero attached hydrogens (tertiary/aromatic N) is 3. The standard InChI is InChI=1S/C18H16N4O3S/c23-16-8-12(9-22(16)10-13-4-3-7-25-13)17(24)21-18-20-15(11-26-18)14-5-1-2-6-19-14/h1-7,11-12H,8-10H2,(H,20,21,24)/t12-/m0/s1. The van der Waals surface area contributed by atoms with Crippen molar-refractivity contribution in [2.45, 2.75) is 13.0 Å². The molecule has 1 fully saturated rings. The van der Waals surface area contributed by atoms with Gasteiger partial charge in [-0.3, -0.25) is 14.6 Å². The molecule has 4 rings (SSSR count). The van der Waals surface area contributed by atoms with Gasteiger partial charge in [0, 0.05) is 24.5 Å². The Morgan fingerprint density at radius 1 is 1.31 bits per heavy atom. The molecule has 8 heteroatoms. The zero-order chi connectivity index (χ0) is 17.9. The van der Waals surface area contributed by atoms with Crippen LogP contribution in [0.25, 0.3) is 11.4 Å². The molecule has 26 heavy (non-hydrogen) atoms. The molecular weight excluding hydrogens is 352 g/mol. The lowest BCUT2D eigenvalue weighted by Crippen LogP contribution is -2.27. The van der Waals surface area contributed by atoms with Gasteiger partial charge in [-0.2, -0.15) is 0 Å². The Morgan fingerprint density at radius 3 is 3.00 bits per heavy atom. The molecule has 1 atom stereocenters. The number of hydrogen-bond acceptors (Lipinski definition) is 6. The first-order chi connectivity index (χ1) is 12.7. The molecule has 0 saturated carbocycles. The predicted octanol–water partition coefficient (Wildman–Crippen LogP) is 2.79. The molecule has 0 bridgehead atoms. The molecule has 2 amide bonds. The first-order valence-corrected chi connectivity index (χ1v) is 9.05. The number of rotatable bonds is 5. The van der Waals surface area contributed by atoms with E-state index < -0.39 is 0 Å². The Balaban J connectivity index is 1.38. The Morgan fingerprint density at radius 2 is 2.23 bits per heavy atom. The van der Waals surface area contributed by atoms with Crippen LogP contribution >= 0.6 is 11.3 Å². The first-order valence-electron chi connectivity index (χ1n) is 8.17. The van der Waals surface area contributed by atoms with Gasteiger partial charge in [-0.25, -0.2) is 4.98 Å². The number of furan rings is 1. The highest BCUT2D eigenvalue weighted by atomic mass is 32.1. The summed E-state index contributed by atoms with van der Waals surface area (Å²) in [6.45, 7) is 0.764. The number of likely N-dealkylation sites (tertiary alicyclic amines) is 1. The fourth-order valence-electron chi connectivity index (χ4n) is 2.86. The van der Waals surface area contributed by atoms with Gasteiger partial charge in [-0.15, -0.1) is 11.3 Å². The average molecular weight is 368 g/mol. The van der Waals surface area contributed by atoms with E-state index in [0.29, 0.717) is 29.7 Å².